The average Bonchev–Trinajstić information content (AvgIpc) is 2.77. The first-order chi connectivity index (χ1) is 14.4. The van der Waals surface area contributed by atoms with Gasteiger partial charge in [0.05, 0.1) is 24.5 Å². The number of likely N-dealkylation sites (tertiary alicyclic amines) is 1. The zero-order valence-corrected chi connectivity index (χ0v) is 17.8. The molecule has 7 nitrogen and oxygen atoms in total. The quantitative estimate of drug-likeness (QED) is 0.608. The van der Waals surface area contributed by atoms with Crippen LogP contribution < -0.4 is 9.47 Å². The van der Waals surface area contributed by atoms with Crippen molar-refractivity contribution >= 4 is 15.8 Å². The molecule has 2 unspecified atom stereocenters. The largest absolute Gasteiger partial charge is 0.497 e. The number of carboxylic acids is 1. The lowest BCUT2D eigenvalue weighted by atomic mass is 9.97. The highest BCUT2D eigenvalue weighted by Gasteiger charge is 2.40. The third kappa shape index (κ3) is 5.31. The third-order valence-electron chi connectivity index (χ3n) is 5.36. The number of aliphatic carboxylic acids is 1. The lowest BCUT2D eigenvalue weighted by Gasteiger charge is -2.37. The molecule has 2 aromatic carbocycles. The smallest absolute Gasteiger partial charge is 0.306 e. The molecule has 3 rings (SSSR count). The van der Waals surface area contributed by atoms with Gasteiger partial charge in [-0.1, -0.05) is 18.2 Å². The Morgan fingerprint density at radius 3 is 2.43 bits per heavy atom. The number of para-hydroxylation sites is 1. The molecule has 2 aromatic rings. The van der Waals surface area contributed by atoms with Crippen molar-refractivity contribution in [1.82, 2.24) is 4.90 Å². The van der Waals surface area contributed by atoms with Crippen molar-refractivity contribution in [2.75, 3.05) is 26.8 Å². The van der Waals surface area contributed by atoms with E-state index >= 15 is 0 Å². The highest BCUT2D eigenvalue weighted by Crippen LogP contribution is 2.31. The van der Waals surface area contributed by atoms with Crippen molar-refractivity contribution in [1.29, 1.82) is 0 Å². The Balaban J connectivity index is 1.71. The number of carboxylic acid groups (broad SMARTS) is 1. The third-order valence-corrected chi connectivity index (χ3v) is 7.49. The van der Waals surface area contributed by atoms with Gasteiger partial charge in [0.2, 0.25) is 0 Å². The van der Waals surface area contributed by atoms with E-state index in [1.54, 1.807) is 12.1 Å². The summed E-state index contributed by atoms with van der Waals surface area (Å²) >= 11 is 0. The Hall–Kier alpha value is -2.58. The number of piperidine rings is 1. The Morgan fingerprint density at radius 2 is 1.80 bits per heavy atom. The number of benzene rings is 2. The average molecular weight is 434 g/mol. The van der Waals surface area contributed by atoms with Gasteiger partial charge in [-0.05, 0) is 55.7 Å². The lowest BCUT2D eigenvalue weighted by molar-refractivity contribution is -0.143. The monoisotopic (exact) mass is 433 g/mol. The number of nitrogens with zero attached hydrogens (tertiary/aromatic N) is 1. The maximum Gasteiger partial charge on any atom is 0.306 e. The van der Waals surface area contributed by atoms with Crippen molar-refractivity contribution in [3.8, 4) is 11.5 Å². The fraction of sp³-hybridized carbons (Fsp3) is 0.409. The molecule has 0 radical (unpaired) electrons. The topological polar surface area (TPSA) is 93.1 Å². The predicted octanol–water partition coefficient (Wildman–Crippen LogP) is 3.06. The second kappa shape index (κ2) is 9.95. The summed E-state index contributed by atoms with van der Waals surface area (Å²) in [6.07, 6.45) is 1.15. The molecule has 1 fully saturated rings. The van der Waals surface area contributed by atoms with Gasteiger partial charge in [-0.3, -0.25) is 9.69 Å². The number of methoxy groups -OCH3 is 1. The number of hydrogen-bond donors (Lipinski definition) is 1. The Bertz CT molecular complexity index is 930. The summed E-state index contributed by atoms with van der Waals surface area (Å²) in [6, 6.07) is 15.7. The van der Waals surface area contributed by atoms with Crippen LogP contribution in [0.4, 0.5) is 0 Å². The maximum absolute atomic E-state index is 13.3. The molecule has 1 aliphatic heterocycles. The molecule has 1 heterocycles. The van der Waals surface area contributed by atoms with Gasteiger partial charge in [-0.25, -0.2) is 8.42 Å². The van der Waals surface area contributed by atoms with Crippen LogP contribution >= 0.6 is 0 Å². The van der Waals surface area contributed by atoms with Crippen LogP contribution in [0.25, 0.3) is 0 Å². The van der Waals surface area contributed by atoms with Crippen molar-refractivity contribution < 1.29 is 27.8 Å². The summed E-state index contributed by atoms with van der Waals surface area (Å²) in [6.45, 7) is 1.39. The van der Waals surface area contributed by atoms with Crippen LogP contribution in [-0.4, -0.2) is 56.6 Å². The fourth-order valence-corrected chi connectivity index (χ4v) is 5.59. The predicted molar refractivity (Wildman–Crippen MR) is 112 cm³/mol. The highest BCUT2D eigenvalue weighted by molar-refractivity contribution is 7.92. The molecule has 1 aliphatic rings. The van der Waals surface area contributed by atoms with Crippen molar-refractivity contribution in [2.45, 2.75) is 29.5 Å². The first kappa shape index (κ1) is 22.1. The summed E-state index contributed by atoms with van der Waals surface area (Å²) in [7, 11) is -2.21. The molecule has 8 heteroatoms. The van der Waals surface area contributed by atoms with Crippen LogP contribution in [0, 0.1) is 5.92 Å². The van der Waals surface area contributed by atoms with Crippen molar-refractivity contribution in [3.63, 3.8) is 0 Å². The lowest BCUT2D eigenvalue weighted by Crippen LogP contribution is -2.48. The highest BCUT2D eigenvalue weighted by atomic mass is 32.2. The normalized spacial score (nSPS) is 19.9. The van der Waals surface area contributed by atoms with Crippen LogP contribution in [0.3, 0.4) is 0 Å². The molecular weight excluding hydrogens is 406 g/mol. The van der Waals surface area contributed by atoms with Gasteiger partial charge in [0.25, 0.3) is 0 Å². The molecule has 0 bridgehead atoms. The first-order valence-electron chi connectivity index (χ1n) is 9.94. The van der Waals surface area contributed by atoms with E-state index in [2.05, 4.69) is 0 Å². The van der Waals surface area contributed by atoms with Gasteiger partial charge in [0, 0.05) is 13.1 Å². The molecule has 0 aromatic heterocycles. The van der Waals surface area contributed by atoms with Crippen molar-refractivity contribution in [2.24, 2.45) is 5.92 Å². The van der Waals surface area contributed by atoms with E-state index in [4.69, 9.17) is 9.47 Å². The molecule has 162 valence electrons. The second-order valence-electron chi connectivity index (χ2n) is 7.29. The number of rotatable bonds is 9. The van der Waals surface area contributed by atoms with Gasteiger partial charge < -0.3 is 14.6 Å². The summed E-state index contributed by atoms with van der Waals surface area (Å²) < 4.78 is 37.4. The van der Waals surface area contributed by atoms with E-state index in [9.17, 15) is 18.3 Å². The van der Waals surface area contributed by atoms with Gasteiger partial charge in [0.15, 0.2) is 9.84 Å². The van der Waals surface area contributed by atoms with Crippen LogP contribution in [0.1, 0.15) is 19.3 Å². The number of carbonyl (C=O) groups is 1. The Labute approximate surface area is 177 Å². The minimum absolute atomic E-state index is 0.0727. The zero-order valence-electron chi connectivity index (χ0n) is 16.9. The summed E-state index contributed by atoms with van der Waals surface area (Å²) in [5.41, 5.74) is 0. The van der Waals surface area contributed by atoms with Crippen LogP contribution in [0.15, 0.2) is 59.5 Å². The fourth-order valence-electron chi connectivity index (χ4n) is 3.68. The van der Waals surface area contributed by atoms with Crippen LogP contribution in [0.5, 0.6) is 11.5 Å². The molecule has 0 amide bonds. The minimum Gasteiger partial charge on any atom is -0.497 e. The number of hydrogen-bond acceptors (Lipinski definition) is 6. The van der Waals surface area contributed by atoms with Gasteiger partial charge in [-0.2, -0.15) is 0 Å². The molecule has 30 heavy (non-hydrogen) atoms. The van der Waals surface area contributed by atoms with Gasteiger partial charge >= 0.3 is 5.97 Å². The Morgan fingerprint density at radius 1 is 1.10 bits per heavy atom. The zero-order chi connectivity index (χ0) is 21.6. The molecule has 2 atom stereocenters. The molecule has 1 saturated heterocycles. The Kier molecular flexibility index (Phi) is 7.33. The van der Waals surface area contributed by atoms with E-state index in [0.717, 1.165) is 5.75 Å². The minimum atomic E-state index is -3.73. The van der Waals surface area contributed by atoms with E-state index < -0.39 is 27.1 Å². The van der Waals surface area contributed by atoms with Crippen LogP contribution in [0.2, 0.25) is 0 Å². The van der Waals surface area contributed by atoms with Gasteiger partial charge in [0.1, 0.15) is 16.9 Å². The van der Waals surface area contributed by atoms with E-state index in [1.165, 1.54) is 19.2 Å². The molecule has 0 aliphatic carbocycles. The number of sulfone groups is 1. The summed E-state index contributed by atoms with van der Waals surface area (Å²) in [5.74, 6) is -0.280. The first-order valence-corrected chi connectivity index (χ1v) is 11.5. The molecule has 0 spiro atoms. The molecule has 0 saturated carbocycles. The maximum atomic E-state index is 13.3. The summed E-state index contributed by atoms with van der Waals surface area (Å²) in [4.78, 5) is 13.6. The van der Waals surface area contributed by atoms with E-state index in [1.807, 2.05) is 35.2 Å². The number of ether oxygens (including phenoxy) is 2. The molecular formula is C22H27NO6S. The standard InChI is InChI=1S/C22H27NO6S/c1-28-18-8-10-20(11-9-18)30(26,27)21-16-17(22(24)25)12-14-23(21)13-5-15-29-19-6-3-2-4-7-19/h2-4,6-11,17,21H,5,12-16H2,1H3,(H,24,25). The van der Waals surface area contributed by atoms with E-state index in [-0.39, 0.29) is 11.3 Å². The van der Waals surface area contributed by atoms with Crippen molar-refractivity contribution in [3.05, 3.63) is 54.6 Å². The molecule has 1 N–H and O–H groups in total. The SMILES string of the molecule is COc1ccc(S(=O)(=O)C2CC(C(=O)O)CCN2CCCOc2ccccc2)cc1. The van der Waals surface area contributed by atoms with E-state index in [0.29, 0.717) is 38.3 Å². The second-order valence-corrected chi connectivity index (χ2v) is 9.39. The van der Waals surface area contributed by atoms with Gasteiger partial charge in [-0.15, -0.1) is 0 Å². The van der Waals surface area contributed by atoms with Crippen LogP contribution in [-0.2, 0) is 14.6 Å². The summed E-state index contributed by atoms with van der Waals surface area (Å²) in [5, 5.41) is 8.56.